The normalized spacial score (nSPS) is 10.5. The Morgan fingerprint density at radius 2 is 1.15 bits per heavy atom. The average Bonchev–Trinajstić information content (AvgIpc) is 2.33. The quantitative estimate of drug-likeness (QED) is 0.370. The molecule has 0 aliphatic carbocycles. The van der Waals surface area contributed by atoms with Crippen molar-refractivity contribution in [1.82, 2.24) is 0 Å². The van der Waals surface area contributed by atoms with Crippen molar-refractivity contribution in [1.29, 1.82) is 0 Å². The van der Waals surface area contributed by atoms with Gasteiger partial charge in [-0.25, -0.2) is 0 Å². The topological polar surface area (TPSA) is 114 Å². The number of hydrogen-bond acceptors (Lipinski definition) is 6. The van der Waals surface area contributed by atoms with Crippen molar-refractivity contribution in [2.75, 3.05) is 0 Å². The number of carboxylic acid groups (broad SMARTS) is 2. The van der Waals surface area contributed by atoms with E-state index in [0.717, 1.165) is 0 Å². The van der Waals surface area contributed by atoms with Crippen molar-refractivity contribution >= 4 is 27.8 Å². The molecule has 0 saturated carbocycles. The Bertz CT molecular complexity index is 445. The molecule has 2 atom stereocenters. The molecule has 0 rings (SSSR count). The van der Waals surface area contributed by atoms with Gasteiger partial charge in [0.15, 0.2) is 0 Å². The average molecular weight is 344 g/mol. The number of halogens is 2. The van der Waals surface area contributed by atoms with Crippen LogP contribution < -0.4 is 69.3 Å². The standard InChI is InChI=1S/2C4H4FO3P.2Na/c2*5-3(4(6)7)1-2-9-8;;/h2*3H,1H2,(H,6,7);;/q;;2*+1/p-2/t2*3-;;/m11../s1. The van der Waals surface area contributed by atoms with Gasteiger partial charge >= 0.3 is 161 Å². The molecule has 0 radical (unpaired) electrons. The van der Waals surface area contributed by atoms with Crippen molar-refractivity contribution in [3.05, 3.63) is 0 Å². The molecule has 12 heteroatoms. The molecule has 0 aromatic carbocycles. The Hall–Kier alpha value is 0.820. The van der Waals surface area contributed by atoms with Gasteiger partial charge in [0.25, 0.3) is 0 Å². The molecule has 0 unspecified atom stereocenters. The van der Waals surface area contributed by atoms with E-state index in [9.17, 15) is 37.7 Å². The zero-order valence-electron chi connectivity index (χ0n) is 10.7. The summed E-state index contributed by atoms with van der Waals surface area (Å²) >= 11 is 0. The number of carbonyl (C=O) groups excluding carboxylic acids is 2. The molecule has 0 bridgehead atoms. The summed E-state index contributed by atoms with van der Waals surface area (Å²) in [5.41, 5.74) is 3.90. The summed E-state index contributed by atoms with van der Waals surface area (Å²) in [5, 5.41) is 19.1. The van der Waals surface area contributed by atoms with Crippen molar-refractivity contribution in [2.24, 2.45) is 0 Å². The number of hydrogen-bond donors (Lipinski definition) is 0. The van der Waals surface area contributed by atoms with E-state index >= 15 is 0 Å². The van der Waals surface area contributed by atoms with Gasteiger partial charge in [-0.05, 0) is 0 Å². The SMILES string of the molecule is O=P#CC[C@@H](F)C(=O)[O-].O=P#CC[C@@H](F)C(=O)[O-].[Na+].[Na+]. The van der Waals surface area contributed by atoms with Gasteiger partial charge in [0.05, 0.1) is 0 Å². The fourth-order valence-electron chi connectivity index (χ4n) is 0.401. The zero-order chi connectivity index (χ0) is 14.6. The van der Waals surface area contributed by atoms with Crippen LogP contribution in [0.3, 0.4) is 0 Å². The van der Waals surface area contributed by atoms with Crippen LogP contribution in [0.2, 0.25) is 0 Å². The van der Waals surface area contributed by atoms with Crippen LogP contribution in [-0.2, 0) is 18.7 Å². The Kier molecular flexibility index (Phi) is 28.6. The summed E-state index contributed by atoms with van der Waals surface area (Å²) in [6.45, 7) is 0. The van der Waals surface area contributed by atoms with Crippen LogP contribution in [0.4, 0.5) is 8.78 Å². The smallest absolute Gasteiger partial charge is 1.00 e. The molecule has 0 N–H and O–H groups in total. The van der Waals surface area contributed by atoms with E-state index in [2.05, 4.69) is 0 Å². The number of carbonyl (C=O) groups is 2. The van der Waals surface area contributed by atoms with E-state index in [4.69, 9.17) is 0 Å². The molecule has 0 aromatic rings. The van der Waals surface area contributed by atoms with Crippen molar-refractivity contribution < 1.29 is 96.8 Å². The first kappa shape index (κ1) is 28.9. The first-order valence-corrected chi connectivity index (χ1v) is 5.79. The molecular formula is C8H6F2Na2O6P2. The van der Waals surface area contributed by atoms with Crippen LogP contribution in [-0.4, -0.2) is 24.3 Å². The predicted molar refractivity (Wildman–Crippen MR) is 52.0 cm³/mol. The maximum absolute atomic E-state index is 11.8. The third-order valence-electron chi connectivity index (χ3n) is 1.18. The van der Waals surface area contributed by atoms with Crippen molar-refractivity contribution in [3.63, 3.8) is 0 Å². The maximum atomic E-state index is 11.8. The van der Waals surface area contributed by atoms with Crippen LogP contribution in [0.15, 0.2) is 0 Å². The van der Waals surface area contributed by atoms with Gasteiger partial charge in [-0.15, -0.1) is 0 Å². The van der Waals surface area contributed by atoms with E-state index in [1.54, 1.807) is 0 Å². The molecule has 0 aromatic heterocycles. The van der Waals surface area contributed by atoms with E-state index in [1.165, 1.54) is 0 Å². The van der Waals surface area contributed by atoms with E-state index in [0.29, 0.717) is 0 Å². The molecule has 20 heavy (non-hydrogen) atoms. The van der Waals surface area contributed by atoms with Gasteiger partial charge in [0, 0.05) is 0 Å². The molecule has 0 aliphatic heterocycles. The van der Waals surface area contributed by atoms with E-state index in [-0.39, 0.29) is 59.1 Å². The van der Waals surface area contributed by atoms with Gasteiger partial charge in [-0.2, -0.15) is 0 Å². The second-order valence-electron chi connectivity index (χ2n) is 2.48. The predicted octanol–water partition coefficient (Wildman–Crippen LogP) is -6.56. The summed E-state index contributed by atoms with van der Waals surface area (Å²) in [4.78, 5) is 19.1. The van der Waals surface area contributed by atoms with Crippen LogP contribution in [0.5, 0.6) is 0 Å². The Labute approximate surface area is 159 Å². The Morgan fingerprint density at radius 1 is 0.900 bits per heavy atom. The second kappa shape index (κ2) is 19.8. The van der Waals surface area contributed by atoms with E-state index in [1.807, 2.05) is 11.3 Å². The fourth-order valence-corrected chi connectivity index (χ4v) is 0.871. The molecular weight excluding hydrogens is 338 g/mol. The summed E-state index contributed by atoms with van der Waals surface area (Å²) < 4.78 is 42.8. The maximum Gasteiger partial charge on any atom is 1.00 e. The minimum absolute atomic E-state index is 0. The van der Waals surface area contributed by atoms with Crippen LogP contribution in [0.25, 0.3) is 0 Å². The van der Waals surface area contributed by atoms with E-state index < -0.39 is 53.0 Å². The molecule has 0 aliphatic rings. The van der Waals surface area contributed by atoms with Crippen LogP contribution >= 0.6 is 15.8 Å². The van der Waals surface area contributed by atoms with Crippen molar-refractivity contribution in [3.8, 4) is 11.3 Å². The Balaban J connectivity index is -0.000000116. The van der Waals surface area contributed by atoms with Gasteiger partial charge < -0.3 is 0 Å². The van der Waals surface area contributed by atoms with Gasteiger partial charge in [-0.1, -0.05) is 0 Å². The van der Waals surface area contributed by atoms with Crippen LogP contribution in [0.1, 0.15) is 12.8 Å². The monoisotopic (exact) mass is 344 g/mol. The van der Waals surface area contributed by atoms with Crippen LogP contribution in [0, 0.1) is 11.3 Å². The molecule has 0 amide bonds. The second-order valence-corrected chi connectivity index (χ2v) is 3.48. The minimum Gasteiger partial charge on any atom is 1.00 e. The first-order valence-electron chi connectivity index (χ1n) is 4.17. The van der Waals surface area contributed by atoms with Gasteiger partial charge in [0.2, 0.25) is 0 Å². The van der Waals surface area contributed by atoms with Gasteiger partial charge in [-0.3, -0.25) is 0 Å². The minimum atomic E-state index is -2.09. The fraction of sp³-hybridized carbons (Fsp3) is 0.500. The summed E-state index contributed by atoms with van der Waals surface area (Å²) in [7, 11) is -0.972. The first-order chi connectivity index (χ1) is 8.36. The third kappa shape index (κ3) is 21.1. The molecule has 6 nitrogen and oxygen atoms in total. The molecule has 0 spiro atoms. The summed E-state index contributed by atoms with van der Waals surface area (Å²) in [6.07, 6.45) is -5.17. The van der Waals surface area contributed by atoms with Gasteiger partial charge in [0.1, 0.15) is 0 Å². The molecule has 0 saturated heterocycles. The zero-order valence-corrected chi connectivity index (χ0v) is 16.5. The molecule has 100 valence electrons. The van der Waals surface area contributed by atoms with Crippen molar-refractivity contribution in [2.45, 2.75) is 25.2 Å². The number of carboxylic acids is 2. The number of rotatable bonds is 4. The summed E-state index contributed by atoms with van der Waals surface area (Å²) in [5.74, 6) is -3.60. The largest absolute Gasteiger partial charge is 1.00 e. The molecule has 0 fully saturated rings. The third-order valence-corrected chi connectivity index (χ3v) is 1.80. The number of aliphatic carboxylic acids is 2. The Morgan fingerprint density at radius 3 is 1.30 bits per heavy atom. The summed E-state index contributed by atoms with van der Waals surface area (Å²) in [6, 6.07) is 0. The number of alkyl halides is 2. The molecule has 0 heterocycles.